The lowest BCUT2D eigenvalue weighted by atomic mass is 10.2. The number of aromatic amines is 1. The summed E-state index contributed by atoms with van der Waals surface area (Å²) in [6, 6.07) is 10.0. The van der Waals surface area contributed by atoms with Crippen LogP contribution < -0.4 is 0 Å². The predicted octanol–water partition coefficient (Wildman–Crippen LogP) is 3.43. The van der Waals surface area contributed by atoms with Crippen molar-refractivity contribution in [3.05, 3.63) is 66.5 Å². The van der Waals surface area contributed by atoms with Crippen molar-refractivity contribution in [3.8, 4) is 11.4 Å². The van der Waals surface area contributed by atoms with E-state index < -0.39 is 0 Å². The Morgan fingerprint density at radius 3 is 2.65 bits per heavy atom. The minimum atomic E-state index is 0.864. The molecule has 0 atom stereocenters. The van der Waals surface area contributed by atoms with E-state index >= 15 is 0 Å². The summed E-state index contributed by atoms with van der Waals surface area (Å²) in [7, 11) is 0. The van der Waals surface area contributed by atoms with Gasteiger partial charge in [0.15, 0.2) is 0 Å². The van der Waals surface area contributed by atoms with Gasteiger partial charge in [-0.2, -0.15) is 0 Å². The van der Waals surface area contributed by atoms with Crippen molar-refractivity contribution in [3.63, 3.8) is 0 Å². The lowest BCUT2D eigenvalue weighted by molar-refractivity contribution is 1.16. The summed E-state index contributed by atoms with van der Waals surface area (Å²) < 4.78 is 0. The SMILES string of the molecule is C/C(=C\c1cnc(-c2ccccc2)[nH]1)c1cnccn1. The molecule has 0 amide bonds. The van der Waals surface area contributed by atoms with E-state index in [-0.39, 0.29) is 0 Å². The molecule has 0 aliphatic rings. The van der Waals surface area contributed by atoms with Gasteiger partial charge in [0.25, 0.3) is 0 Å². The second kappa shape index (κ2) is 5.48. The monoisotopic (exact) mass is 262 g/mol. The molecule has 98 valence electrons. The van der Waals surface area contributed by atoms with E-state index in [1.807, 2.05) is 49.5 Å². The van der Waals surface area contributed by atoms with Crippen molar-refractivity contribution >= 4 is 11.6 Å². The van der Waals surface area contributed by atoms with E-state index in [2.05, 4.69) is 19.9 Å². The standard InChI is InChI=1S/C16H14N4/c1-12(15-11-17-7-8-18-15)9-14-10-19-16(20-14)13-5-3-2-4-6-13/h2-11H,1H3,(H,19,20)/b12-9+. The van der Waals surface area contributed by atoms with Crippen LogP contribution in [-0.4, -0.2) is 19.9 Å². The molecule has 0 radical (unpaired) electrons. The lowest BCUT2D eigenvalue weighted by Crippen LogP contribution is -1.86. The normalized spacial score (nSPS) is 11.6. The molecule has 0 bridgehead atoms. The molecule has 0 fully saturated rings. The molecule has 0 aliphatic carbocycles. The second-order valence-corrected chi connectivity index (χ2v) is 4.47. The molecule has 2 aromatic heterocycles. The fourth-order valence-corrected chi connectivity index (χ4v) is 1.96. The van der Waals surface area contributed by atoms with Gasteiger partial charge in [0.2, 0.25) is 0 Å². The Balaban J connectivity index is 1.88. The summed E-state index contributed by atoms with van der Waals surface area (Å²) in [5.74, 6) is 0.865. The molecule has 4 heteroatoms. The molecule has 1 N–H and O–H groups in total. The Bertz CT molecular complexity index is 715. The topological polar surface area (TPSA) is 54.5 Å². The molecular weight excluding hydrogens is 248 g/mol. The van der Waals surface area contributed by atoms with Crippen LogP contribution in [-0.2, 0) is 0 Å². The minimum absolute atomic E-state index is 0.864. The number of allylic oxidation sites excluding steroid dienone is 1. The largest absolute Gasteiger partial charge is 0.338 e. The maximum Gasteiger partial charge on any atom is 0.137 e. The number of nitrogens with zero attached hydrogens (tertiary/aromatic N) is 3. The summed E-state index contributed by atoms with van der Waals surface area (Å²) in [6.07, 6.45) is 8.95. The maximum atomic E-state index is 4.40. The van der Waals surface area contributed by atoms with E-state index in [1.54, 1.807) is 18.6 Å². The number of nitrogens with one attached hydrogen (secondary N) is 1. The van der Waals surface area contributed by atoms with Crippen LogP contribution in [0.15, 0.2) is 55.1 Å². The van der Waals surface area contributed by atoms with Crippen LogP contribution in [0.25, 0.3) is 23.0 Å². The summed E-state index contributed by atoms with van der Waals surface area (Å²) in [5.41, 5.74) is 3.93. The molecule has 3 aromatic rings. The smallest absolute Gasteiger partial charge is 0.137 e. The highest BCUT2D eigenvalue weighted by molar-refractivity contribution is 5.77. The summed E-state index contributed by atoms with van der Waals surface area (Å²) in [4.78, 5) is 16.0. The van der Waals surface area contributed by atoms with Gasteiger partial charge < -0.3 is 4.98 Å². The fraction of sp³-hybridized carbons (Fsp3) is 0.0625. The highest BCUT2D eigenvalue weighted by Crippen LogP contribution is 2.18. The molecule has 1 aromatic carbocycles. The van der Waals surface area contributed by atoms with E-state index in [9.17, 15) is 0 Å². The molecular formula is C16H14N4. The first kappa shape index (κ1) is 12.3. The van der Waals surface area contributed by atoms with Gasteiger partial charge in [-0.1, -0.05) is 30.3 Å². The van der Waals surface area contributed by atoms with Crippen LogP contribution in [0.5, 0.6) is 0 Å². The van der Waals surface area contributed by atoms with Crippen LogP contribution in [0, 0.1) is 0 Å². The number of hydrogen-bond acceptors (Lipinski definition) is 3. The third kappa shape index (κ3) is 2.64. The van der Waals surface area contributed by atoms with E-state index in [1.165, 1.54) is 0 Å². The molecule has 0 saturated carbocycles. The first-order valence-electron chi connectivity index (χ1n) is 6.38. The van der Waals surface area contributed by atoms with E-state index in [0.29, 0.717) is 0 Å². The van der Waals surface area contributed by atoms with Gasteiger partial charge in [-0.3, -0.25) is 9.97 Å². The second-order valence-electron chi connectivity index (χ2n) is 4.47. The Morgan fingerprint density at radius 1 is 1.05 bits per heavy atom. The Kier molecular flexibility index (Phi) is 3.37. The molecule has 0 aliphatic heterocycles. The van der Waals surface area contributed by atoms with Gasteiger partial charge in [0.05, 0.1) is 23.8 Å². The highest BCUT2D eigenvalue weighted by atomic mass is 14.9. The van der Waals surface area contributed by atoms with Crippen LogP contribution in [0.1, 0.15) is 18.3 Å². The molecule has 3 rings (SSSR count). The lowest BCUT2D eigenvalue weighted by Gasteiger charge is -1.98. The molecule has 20 heavy (non-hydrogen) atoms. The number of benzene rings is 1. The van der Waals surface area contributed by atoms with Gasteiger partial charge >= 0.3 is 0 Å². The average Bonchev–Trinajstić information content (AvgIpc) is 2.97. The first-order chi connectivity index (χ1) is 9.83. The van der Waals surface area contributed by atoms with Gasteiger partial charge in [-0.25, -0.2) is 4.98 Å². The number of hydrogen-bond donors (Lipinski definition) is 1. The Morgan fingerprint density at radius 2 is 1.90 bits per heavy atom. The van der Waals surface area contributed by atoms with Crippen LogP contribution in [0.4, 0.5) is 0 Å². The van der Waals surface area contributed by atoms with Gasteiger partial charge in [0.1, 0.15) is 5.82 Å². The zero-order valence-electron chi connectivity index (χ0n) is 11.1. The fourth-order valence-electron chi connectivity index (χ4n) is 1.96. The summed E-state index contributed by atoms with van der Waals surface area (Å²) in [6.45, 7) is 2.01. The molecule has 4 nitrogen and oxygen atoms in total. The number of H-pyrrole nitrogens is 1. The van der Waals surface area contributed by atoms with Crippen LogP contribution in [0.3, 0.4) is 0 Å². The molecule has 0 unspecified atom stereocenters. The molecule has 0 saturated heterocycles. The highest BCUT2D eigenvalue weighted by Gasteiger charge is 2.02. The number of aromatic nitrogens is 4. The van der Waals surface area contributed by atoms with Gasteiger partial charge in [-0.15, -0.1) is 0 Å². The van der Waals surface area contributed by atoms with Crippen molar-refractivity contribution < 1.29 is 0 Å². The zero-order chi connectivity index (χ0) is 13.8. The minimum Gasteiger partial charge on any atom is -0.338 e. The van der Waals surface area contributed by atoms with Crippen LogP contribution >= 0.6 is 0 Å². The van der Waals surface area contributed by atoms with Crippen molar-refractivity contribution in [2.75, 3.05) is 0 Å². The average molecular weight is 262 g/mol. The van der Waals surface area contributed by atoms with Crippen LogP contribution in [0.2, 0.25) is 0 Å². The first-order valence-corrected chi connectivity index (χ1v) is 6.38. The van der Waals surface area contributed by atoms with Crippen molar-refractivity contribution in [1.29, 1.82) is 0 Å². The third-order valence-corrected chi connectivity index (χ3v) is 2.98. The zero-order valence-corrected chi connectivity index (χ0v) is 11.1. The number of imidazole rings is 1. The quantitative estimate of drug-likeness (QED) is 0.786. The summed E-state index contributed by atoms with van der Waals surface area (Å²) in [5, 5.41) is 0. The Labute approximate surface area is 117 Å². The van der Waals surface area contributed by atoms with Crippen molar-refractivity contribution in [1.82, 2.24) is 19.9 Å². The van der Waals surface area contributed by atoms with E-state index in [4.69, 9.17) is 0 Å². The molecule has 0 spiro atoms. The third-order valence-electron chi connectivity index (χ3n) is 2.98. The van der Waals surface area contributed by atoms with E-state index in [0.717, 1.165) is 28.3 Å². The van der Waals surface area contributed by atoms with Gasteiger partial charge in [0, 0.05) is 18.0 Å². The Hall–Kier alpha value is -2.75. The predicted molar refractivity (Wildman–Crippen MR) is 79.6 cm³/mol. The maximum absolute atomic E-state index is 4.40. The number of rotatable bonds is 3. The molecule has 2 heterocycles. The summed E-state index contributed by atoms with van der Waals surface area (Å²) >= 11 is 0. The van der Waals surface area contributed by atoms with Crippen molar-refractivity contribution in [2.45, 2.75) is 6.92 Å². The van der Waals surface area contributed by atoms with Gasteiger partial charge in [-0.05, 0) is 18.6 Å². The van der Waals surface area contributed by atoms with Crippen molar-refractivity contribution in [2.24, 2.45) is 0 Å².